The summed E-state index contributed by atoms with van der Waals surface area (Å²) in [4.78, 5) is 19.3. The fourth-order valence-corrected chi connectivity index (χ4v) is 5.21. The summed E-state index contributed by atoms with van der Waals surface area (Å²) in [6, 6.07) is 10.4. The van der Waals surface area contributed by atoms with Crippen LogP contribution in [0.5, 0.6) is 0 Å². The molecule has 204 valence electrons. The number of rotatable bonds is 9. The molecule has 4 aromatic rings. The number of nitrogens with zero attached hydrogens (tertiary/aromatic N) is 5. The fraction of sp³-hybridized carbons (Fsp3) is 0.552. The second-order valence-corrected chi connectivity index (χ2v) is 11.8. The maximum absolute atomic E-state index is 10.8. The first kappa shape index (κ1) is 26.7. The van der Waals surface area contributed by atoms with Crippen molar-refractivity contribution in [2.45, 2.75) is 89.9 Å². The van der Waals surface area contributed by atoms with E-state index in [0.29, 0.717) is 12.2 Å². The Morgan fingerprint density at radius 3 is 2.66 bits per heavy atom. The summed E-state index contributed by atoms with van der Waals surface area (Å²) in [6.45, 7) is 12.4. The van der Waals surface area contributed by atoms with E-state index >= 15 is 0 Å². The zero-order valence-electron chi connectivity index (χ0n) is 23.0. The Labute approximate surface area is 223 Å². The predicted molar refractivity (Wildman–Crippen MR) is 148 cm³/mol. The van der Waals surface area contributed by atoms with Gasteiger partial charge in [-0.3, -0.25) is 9.47 Å². The average Bonchev–Trinajstić information content (AvgIpc) is 3.56. The maximum atomic E-state index is 10.8. The van der Waals surface area contributed by atoms with E-state index in [2.05, 4.69) is 72.7 Å². The van der Waals surface area contributed by atoms with Gasteiger partial charge in [0.2, 0.25) is 0 Å². The molecule has 1 aliphatic heterocycles. The number of aliphatic hydroxyl groups excluding tert-OH is 2. The highest BCUT2D eigenvalue weighted by Crippen LogP contribution is 2.32. The number of ether oxygens (including phenoxy) is 1. The smallest absolute Gasteiger partial charge is 0.165 e. The number of hydrogen-bond acceptors (Lipinski definition) is 7. The summed E-state index contributed by atoms with van der Waals surface area (Å²) >= 11 is 0. The Morgan fingerprint density at radius 1 is 1.08 bits per heavy atom. The molecule has 0 amide bonds. The van der Waals surface area contributed by atoms with Crippen molar-refractivity contribution >= 4 is 22.2 Å². The first-order valence-corrected chi connectivity index (χ1v) is 13.6. The number of unbranched alkanes of at least 4 members (excludes halogenated alkanes) is 1. The third kappa shape index (κ3) is 5.47. The van der Waals surface area contributed by atoms with Gasteiger partial charge in [-0.1, -0.05) is 26.8 Å². The summed E-state index contributed by atoms with van der Waals surface area (Å²) in [6.07, 6.45) is 2.90. The molecule has 1 fully saturated rings. The number of pyridine rings is 1. The number of aryl methyl sites for hydroxylation is 1. The molecule has 0 unspecified atom stereocenters. The number of fused-ring (bicyclic) bond motifs is 2. The predicted octanol–water partition coefficient (Wildman–Crippen LogP) is 3.96. The van der Waals surface area contributed by atoms with Crippen LogP contribution in [-0.4, -0.2) is 77.1 Å². The fourth-order valence-electron chi connectivity index (χ4n) is 5.21. The molecule has 4 atom stereocenters. The van der Waals surface area contributed by atoms with Gasteiger partial charge in [0.05, 0.1) is 17.4 Å². The van der Waals surface area contributed by atoms with Crippen LogP contribution in [0.15, 0.2) is 42.9 Å². The van der Waals surface area contributed by atoms with Crippen LogP contribution in [0.3, 0.4) is 0 Å². The maximum Gasteiger partial charge on any atom is 0.165 e. The van der Waals surface area contributed by atoms with E-state index < -0.39 is 24.5 Å². The number of aromatic nitrogens is 5. The number of aliphatic hydroxyl groups is 2. The molecule has 3 N–H and O–H groups in total. The van der Waals surface area contributed by atoms with Crippen LogP contribution < -0.4 is 0 Å². The van der Waals surface area contributed by atoms with Gasteiger partial charge < -0.3 is 19.9 Å². The Kier molecular flexibility index (Phi) is 7.55. The Bertz CT molecular complexity index is 1370. The van der Waals surface area contributed by atoms with Gasteiger partial charge in [0, 0.05) is 25.2 Å². The zero-order valence-corrected chi connectivity index (χ0v) is 23.0. The van der Waals surface area contributed by atoms with Crippen LogP contribution in [0.25, 0.3) is 22.2 Å². The van der Waals surface area contributed by atoms with E-state index in [0.717, 1.165) is 48.2 Å². The number of benzene rings is 1. The highest BCUT2D eigenvalue weighted by molar-refractivity contribution is 5.76. The van der Waals surface area contributed by atoms with Gasteiger partial charge in [0.15, 0.2) is 11.9 Å². The van der Waals surface area contributed by atoms with Gasteiger partial charge in [-0.05, 0) is 68.5 Å². The third-order valence-corrected chi connectivity index (χ3v) is 7.59. The molecule has 9 nitrogen and oxygen atoms in total. The molecule has 0 radical (unpaired) electrons. The zero-order chi connectivity index (χ0) is 27.0. The van der Waals surface area contributed by atoms with Crippen LogP contribution >= 0.6 is 0 Å². The molecule has 5 rings (SSSR count). The van der Waals surface area contributed by atoms with E-state index in [-0.39, 0.29) is 11.5 Å². The number of aromatic amines is 1. The molecule has 0 spiro atoms. The van der Waals surface area contributed by atoms with E-state index in [1.54, 1.807) is 17.1 Å². The van der Waals surface area contributed by atoms with Gasteiger partial charge in [-0.15, -0.1) is 0 Å². The lowest BCUT2D eigenvalue weighted by Crippen LogP contribution is -2.43. The van der Waals surface area contributed by atoms with Crippen LogP contribution in [0.2, 0.25) is 0 Å². The van der Waals surface area contributed by atoms with Crippen LogP contribution in [0.4, 0.5) is 0 Å². The molecule has 4 heterocycles. The standard InChI is InChI=1S/C29H40N6O3/c1-18(2)34(14-7-6-10-24-32-20-12-11-19(29(3,4)5)15-22(20)33-24)16-23-25(36)26(37)28(38-23)35-17-31-21-9-8-13-30-27(21)35/h8-9,11-13,15,17-18,23,25-26,28,36-37H,6-7,10,14,16H2,1-5H3,(H,32,33)/t23-,25-,26-,28-/m1/s1. The summed E-state index contributed by atoms with van der Waals surface area (Å²) < 4.78 is 7.90. The first-order chi connectivity index (χ1) is 18.1. The average molecular weight is 521 g/mol. The molecule has 0 aliphatic carbocycles. The Hall–Kier alpha value is -2.85. The minimum atomic E-state index is -1.06. The summed E-state index contributed by atoms with van der Waals surface area (Å²) in [5.41, 5.74) is 4.87. The third-order valence-electron chi connectivity index (χ3n) is 7.59. The molecule has 0 saturated carbocycles. The summed E-state index contributed by atoms with van der Waals surface area (Å²) in [5.74, 6) is 1.02. The lowest BCUT2D eigenvalue weighted by molar-refractivity contribution is -0.0469. The second-order valence-electron chi connectivity index (χ2n) is 11.8. The number of nitrogens with one attached hydrogen (secondary N) is 1. The highest BCUT2D eigenvalue weighted by Gasteiger charge is 2.44. The van der Waals surface area contributed by atoms with Crippen molar-refractivity contribution in [1.82, 2.24) is 29.4 Å². The van der Waals surface area contributed by atoms with Crippen molar-refractivity contribution in [2.24, 2.45) is 0 Å². The Morgan fingerprint density at radius 2 is 1.89 bits per heavy atom. The van der Waals surface area contributed by atoms with Crippen LogP contribution in [-0.2, 0) is 16.6 Å². The van der Waals surface area contributed by atoms with Gasteiger partial charge >= 0.3 is 0 Å². The SMILES string of the molecule is CC(C)N(CCCCc1nc2ccc(C(C)(C)C)cc2[nH]1)C[C@H]1O[C@@H](n2cnc3cccnc32)[C@H](O)[C@@H]1O. The number of hydrogen-bond donors (Lipinski definition) is 3. The summed E-state index contributed by atoms with van der Waals surface area (Å²) in [5, 5.41) is 21.6. The molecular formula is C29H40N6O3. The van der Waals surface area contributed by atoms with Gasteiger partial charge in [-0.2, -0.15) is 0 Å². The largest absolute Gasteiger partial charge is 0.387 e. The van der Waals surface area contributed by atoms with Crippen molar-refractivity contribution < 1.29 is 14.9 Å². The van der Waals surface area contributed by atoms with Crippen molar-refractivity contribution in [3.05, 3.63) is 54.2 Å². The molecule has 3 aromatic heterocycles. The van der Waals surface area contributed by atoms with Gasteiger partial charge in [0.1, 0.15) is 29.7 Å². The van der Waals surface area contributed by atoms with Crippen LogP contribution in [0.1, 0.15) is 65.1 Å². The van der Waals surface area contributed by atoms with Crippen molar-refractivity contribution in [3.8, 4) is 0 Å². The molecule has 38 heavy (non-hydrogen) atoms. The van der Waals surface area contributed by atoms with Crippen molar-refractivity contribution in [2.75, 3.05) is 13.1 Å². The van der Waals surface area contributed by atoms with Gasteiger partial charge in [0.25, 0.3) is 0 Å². The molecule has 1 aliphatic rings. The van der Waals surface area contributed by atoms with E-state index in [1.807, 2.05) is 12.1 Å². The topological polar surface area (TPSA) is 112 Å². The lowest BCUT2D eigenvalue weighted by atomic mass is 9.87. The molecular weight excluding hydrogens is 480 g/mol. The van der Waals surface area contributed by atoms with Crippen LogP contribution in [0, 0.1) is 0 Å². The van der Waals surface area contributed by atoms with Crippen molar-refractivity contribution in [3.63, 3.8) is 0 Å². The first-order valence-electron chi connectivity index (χ1n) is 13.6. The minimum absolute atomic E-state index is 0.107. The minimum Gasteiger partial charge on any atom is -0.387 e. The molecule has 1 saturated heterocycles. The van der Waals surface area contributed by atoms with Crippen molar-refractivity contribution in [1.29, 1.82) is 0 Å². The van der Waals surface area contributed by atoms with E-state index in [1.165, 1.54) is 5.56 Å². The summed E-state index contributed by atoms with van der Waals surface area (Å²) in [7, 11) is 0. The second kappa shape index (κ2) is 10.7. The lowest BCUT2D eigenvalue weighted by Gasteiger charge is -2.30. The monoisotopic (exact) mass is 520 g/mol. The highest BCUT2D eigenvalue weighted by atomic mass is 16.6. The molecule has 1 aromatic carbocycles. The van der Waals surface area contributed by atoms with E-state index in [4.69, 9.17) is 9.72 Å². The normalized spacial score (nSPS) is 22.4. The molecule has 9 heteroatoms. The number of imidazole rings is 2. The Balaban J connectivity index is 1.17. The number of H-pyrrole nitrogens is 1. The quantitative estimate of drug-likeness (QED) is 0.286. The molecule has 0 bridgehead atoms. The van der Waals surface area contributed by atoms with E-state index in [9.17, 15) is 10.2 Å². The van der Waals surface area contributed by atoms with Gasteiger partial charge in [-0.25, -0.2) is 15.0 Å².